The minimum Gasteiger partial charge on any atom is -0.480 e. The van der Waals surface area contributed by atoms with E-state index in [0.717, 1.165) is 31.5 Å². The number of likely N-dealkylation sites (N-methyl/N-ethyl adjacent to an activating group) is 1. The summed E-state index contributed by atoms with van der Waals surface area (Å²) in [6.07, 6.45) is 2.26. The van der Waals surface area contributed by atoms with Gasteiger partial charge in [-0.3, -0.25) is 9.69 Å². The van der Waals surface area contributed by atoms with Crippen LogP contribution in [0.1, 0.15) is 32.3 Å². The van der Waals surface area contributed by atoms with Crippen molar-refractivity contribution < 1.29 is 9.90 Å². The van der Waals surface area contributed by atoms with Crippen LogP contribution >= 0.6 is 0 Å². The lowest BCUT2D eigenvalue weighted by Crippen LogP contribution is -2.26. The van der Waals surface area contributed by atoms with E-state index in [9.17, 15) is 4.79 Å². The Morgan fingerprint density at radius 3 is 2.40 bits per heavy atom. The van der Waals surface area contributed by atoms with Gasteiger partial charge in [-0.25, -0.2) is 0 Å². The number of anilines is 1. The number of benzene rings is 1. The Bertz CT molecular complexity index is 415. The summed E-state index contributed by atoms with van der Waals surface area (Å²) in [5, 5.41) is 8.79. The highest BCUT2D eigenvalue weighted by Crippen LogP contribution is 2.18. The lowest BCUT2D eigenvalue weighted by Gasteiger charge is -2.25. The number of carbonyl (C=O) groups is 1. The van der Waals surface area contributed by atoms with E-state index in [-0.39, 0.29) is 6.54 Å². The van der Waals surface area contributed by atoms with Crippen molar-refractivity contribution in [3.05, 3.63) is 29.8 Å². The molecular formula is C16H26N2O2. The Kier molecular flexibility index (Phi) is 7.09. The van der Waals surface area contributed by atoms with Crippen molar-refractivity contribution in [2.45, 2.75) is 33.2 Å². The lowest BCUT2D eigenvalue weighted by molar-refractivity contribution is -0.138. The molecule has 0 amide bonds. The molecule has 4 heteroatoms. The van der Waals surface area contributed by atoms with Crippen molar-refractivity contribution in [2.24, 2.45) is 0 Å². The van der Waals surface area contributed by atoms with Crippen LogP contribution in [0, 0.1) is 0 Å². The van der Waals surface area contributed by atoms with Crippen LogP contribution in [-0.4, -0.2) is 42.7 Å². The minimum atomic E-state index is -0.790. The third-order valence-electron chi connectivity index (χ3n) is 3.12. The maximum atomic E-state index is 10.7. The highest BCUT2D eigenvalue weighted by atomic mass is 16.4. The molecule has 4 nitrogen and oxygen atoms in total. The smallest absolute Gasteiger partial charge is 0.317 e. The Morgan fingerprint density at radius 2 is 1.85 bits per heavy atom. The molecule has 0 aromatic heterocycles. The number of aliphatic carboxylic acids is 1. The second kappa shape index (κ2) is 8.59. The Balaban J connectivity index is 2.75. The molecule has 0 fully saturated rings. The van der Waals surface area contributed by atoms with E-state index >= 15 is 0 Å². The quantitative estimate of drug-likeness (QED) is 0.754. The van der Waals surface area contributed by atoms with Crippen molar-refractivity contribution in [1.29, 1.82) is 0 Å². The fourth-order valence-electron chi connectivity index (χ4n) is 2.36. The van der Waals surface area contributed by atoms with Gasteiger partial charge in [-0.1, -0.05) is 26.0 Å². The normalized spacial score (nSPS) is 10.8. The molecule has 1 aromatic rings. The van der Waals surface area contributed by atoms with Gasteiger partial charge in [0.15, 0.2) is 0 Å². The molecule has 0 radical (unpaired) electrons. The van der Waals surface area contributed by atoms with Crippen molar-refractivity contribution in [3.63, 3.8) is 0 Å². The summed E-state index contributed by atoms with van der Waals surface area (Å²) in [6.45, 7) is 7.22. The number of carboxylic acids is 1. The van der Waals surface area contributed by atoms with Gasteiger partial charge in [-0.15, -0.1) is 0 Å². The summed E-state index contributed by atoms with van der Waals surface area (Å²) in [5.74, 6) is -0.790. The third kappa shape index (κ3) is 5.61. The van der Waals surface area contributed by atoms with Crippen LogP contribution < -0.4 is 4.90 Å². The van der Waals surface area contributed by atoms with E-state index in [1.165, 1.54) is 5.69 Å². The van der Waals surface area contributed by atoms with Crippen LogP contribution in [0.25, 0.3) is 0 Å². The first-order valence-corrected chi connectivity index (χ1v) is 7.31. The Morgan fingerprint density at radius 1 is 1.20 bits per heavy atom. The van der Waals surface area contributed by atoms with Crippen molar-refractivity contribution >= 4 is 11.7 Å². The van der Waals surface area contributed by atoms with Crippen molar-refractivity contribution in [3.8, 4) is 0 Å². The maximum Gasteiger partial charge on any atom is 0.317 e. The van der Waals surface area contributed by atoms with Crippen molar-refractivity contribution in [1.82, 2.24) is 4.90 Å². The van der Waals surface area contributed by atoms with E-state index in [2.05, 4.69) is 43.0 Å². The molecule has 20 heavy (non-hydrogen) atoms. The summed E-state index contributed by atoms with van der Waals surface area (Å²) in [7, 11) is 1.83. The van der Waals surface area contributed by atoms with E-state index in [1.54, 1.807) is 0 Å². The monoisotopic (exact) mass is 278 g/mol. The van der Waals surface area contributed by atoms with E-state index in [1.807, 2.05) is 11.9 Å². The molecule has 0 atom stereocenters. The van der Waals surface area contributed by atoms with E-state index in [0.29, 0.717) is 6.54 Å². The fourth-order valence-corrected chi connectivity index (χ4v) is 2.36. The first-order valence-electron chi connectivity index (χ1n) is 7.31. The molecule has 0 saturated carbocycles. The standard InChI is InChI=1S/C16H26N2O2/c1-4-9-18(10-5-2)15-8-6-7-14(11-15)12-17(3)13-16(19)20/h6-8,11H,4-5,9-10,12-13H2,1-3H3,(H,19,20). The largest absolute Gasteiger partial charge is 0.480 e. The minimum absolute atomic E-state index is 0.0673. The Labute approximate surface area is 122 Å². The highest BCUT2D eigenvalue weighted by Gasteiger charge is 2.08. The van der Waals surface area contributed by atoms with Crippen LogP contribution in [0.2, 0.25) is 0 Å². The van der Waals surface area contributed by atoms with Crippen LogP contribution in [0.3, 0.4) is 0 Å². The predicted octanol–water partition coefficient (Wildman–Crippen LogP) is 2.83. The van der Waals surface area contributed by atoms with Crippen molar-refractivity contribution in [2.75, 3.05) is 31.6 Å². The van der Waals surface area contributed by atoms with Gasteiger partial charge in [0.25, 0.3) is 0 Å². The summed E-state index contributed by atoms with van der Waals surface area (Å²) in [4.78, 5) is 14.9. The fraction of sp³-hybridized carbons (Fsp3) is 0.562. The predicted molar refractivity (Wildman–Crippen MR) is 83.2 cm³/mol. The van der Waals surface area contributed by atoms with Gasteiger partial charge in [-0.05, 0) is 37.6 Å². The zero-order chi connectivity index (χ0) is 15.0. The van der Waals surface area contributed by atoms with Gasteiger partial charge >= 0.3 is 5.97 Å². The van der Waals surface area contributed by atoms with Crippen LogP contribution in [0.15, 0.2) is 24.3 Å². The van der Waals surface area contributed by atoms with Gasteiger partial charge in [0.2, 0.25) is 0 Å². The molecule has 1 rings (SSSR count). The first-order chi connectivity index (χ1) is 9.56. The topological polar surface area (TPSA) is 43.8 Å². The van der Waals surface area contributed by atoms with Gasteiger partial charge in [0.1, 0.15) is 0 Å². The molecule has 0 spiro atoms. The lowest BCUT2D eigenvalue weighted by atomic mass is 10.1. The molecule has 0 aliphatic heterocycles. The molecule has 0 aliphatic rings. The van der Waals surface area contributed by atoms with E-state index in [4.69, 9.17) is 5.11 Å². The van der Waals surface area contributed by atoms with E-state index < -0.39 is 5.97 Å². The third-order valence-corrected chi connectivity index (χ3v) is 3.12. The molecule has 0 aliphatic carbocycles. The van der Waals surface area contributed by atoms with Crippen LogP contribution in [-0.2, 0) is 11.3 Å². The number of nitrogens with zero attached hydrogens (tertiary/aromatic N) is 2. The molecule has 0 unspecified atom stereocenters. The van der Waals surface area contributed by atoms with Gasteiger partial charge in [0, 0.05) is 25.3 Å². The second-order valence-electron chi connectivity index (χ2n) is 5.22. The summed E-state index contributed by atoms with van der Waals surface area (Å²) in [5.41, 5.74) is 2.39. The summed E-state index contributed by atoms with van der Waals surface area (Å²) < 4.78 is 0. The first kappa shape index (κ1) is 16.5. The molecule has 112 valence electrons. The molecular weight excluding hydrogens is 252 g/mol. The Hall–Kier alpha value is -1.55. The number of hydrogen-bond donors (Lipinski definition) is 1. The zero-order valence-corrected chi connectivity index (χ0v) is 12.8. The number of rotatable bonds is 9. The average Bonchev–Trinajstić information content (AvgIpc) is 2.37. The van der Waals surface area contributed by atoms with Crippen LogP contribution in [0.5, 0.6) is 0 Å². The summed E-state index contributed by atoms with van der Waals surface area (Å²) in [6, 6.07) is 8.41. The number of hydrogen-bond acceptors (Lipinski definition) is 3. The molecule has 0 saturated heterocycles. The zero-order valence-electron chi connectivity index (χ0n) is 12.8. The second-order valence-corrected chi connectivity index (χ2v) is 5.22. The highest BCUT2D eigenvalue weighted by molar-refractivity contribution is 5.69. The van der Waals surface area contributed by atoms with Gasteiger partial charge in [0.05, 0.1) is 6.54 Å². The maximum absolute atomic E-state index is 10.7. The average molecular weight is 278 g/mol. The molecule has 0 bridgehead atoms. The van der Waals surface area contributed by atoms with Gasteiger partial charge in [-0.2, -0.15) is 0 Å². The molecule has 1 N–H and O–H groups in total. The van der Waals surface area contributed by atoms with Crippen LogP contribution in [0.4, 0.5) is 5.69 Å². The molecule has 0 heterocycles. The number of carboxylic acid groups (broad SMARTS) is 1. The summed E-state index contributed by atoms with van der Waals surface area (Å²) >= 11 is 0. The van der Waals surface area contributed by atoms with Gasteiger partial charge < -0.3 is 10.0 Å². The molecule has 1 aromatic carbocycles. The SMILES string of the molecule is CCCN(CCC)c1cccc(CN(C)CC(=O)O)c1.